The van der Waals surface area contributed by atoms with E-state index >= 15 is 0 Å². The summed E-state index contributed by atoms with van der Waals surface area (Å²) in [5.41, 5.74) is 3.65. The van der Waals surface area contributed by atoms with E-state index in [1.165, 1.54) is 12.4 Å². The van der Waals surface area contributed by atoms with Gasteiger partial charge in [-0.25, -0.2) is 15.0 Å². The number of H-pyrrole nitrogens is 1. The highest BCUT2D eigenvalue weighted by molar-refractivity contribution is 5.99. The summed E-state index contributed by atoms with van der Waals surface area (Å²) in [6.45, 7) is 1.70. The second-order valence-electron chi connectivity index (χ2n) is 6.86. The molecule has 4 aromatic rings. The van der Waals surface area contributed by atoms with E-state index in [-0.39, 0.29) is 18.6 Å². The first-order valence-corrected chi connectivity index (χ1v) is 9.85. The van der Waals surface area contributed by atoms with Gasteiger partial charge in [-0.1, -0.05) is 36.4 Å². The summed E-state index contributed by atoms with van der Waals surface area (Å²) in [4.78, 5) is 28.1. The van der Waals surface area contributed by atoms with Gasteiger partial charge in [0.25, 0.3) is 0 Å². The summed E-state index contributed by atoms with van der Waals surface area (Å²) < 4.78 is 0. The number of anilines is 2. The number of aromatic nitrogens is 4. The number of hydrogen-bond donors (Lipinski definition) is 4. The number of carbonyl (C=O) groups excluding carboxylic acids is 1. The fraction of sp³-hybridized carbons (Fsp3) is 0.130. The largest absolute Gasteiger partial charge is 0.394 e. The van der Waals surface area contributed by atoms with E-state index in [4.69, 9.17) is 0 Å². The van der Waals surface area contributed by atoms with E-state index in [0.29, 0.717) is 28.5 Å². The summed E-state index contributed by atoms with van der Waals surface area (Å²) in [7, 11) is 0. The predicted molar refractivity (Wildman–Crippen MR) is 120 cm³/mol. The maximum Gasteiger partial charge on any atom is 0.248 e. The molecule has 8 nitrogen and oxygen atoms in total. The van der Waals surface area contributed by atoms with Crippen molar-refractivity contribution >= 4 is 28.6 Å². The number of aromatic amines is 1. The van der Waals surface area contributed by atoms with Crippen LogP contribution in [-0.2, 0) is 4.79 Å². The third-order valence-electron chi connectivity index (χ3n) is 4.73. The lowest BCUT2D eigenvalue weighted by Crippen LogP contribution is -2.16. The maximum atomic E-state index is 11.7. The lowest BCUT2D eigenvalue weighted by atomic mass is 10.1. The summed E-state index contributed by atoms with van der Waals surface area (Å²) in [6.07, 6.45) is 4.59. The summed E-state index contributed by atoms with van der Waals surface area (Å²) in [6, 6.07) is 16.7. The predicted octanol–water partition coefficient (Wildman–Crippen LogP) is 3.68. The molecule has 0 bridgehead atoms. The molecule has 0 unspecified atom stereocenters. The first kappa shape index (κ1) is 20.2. The number of nitrogens with zero attached hydrogens (tertiary/aromatic N) is 3. The molecule has 4 N–H and O–H groups in total. The van der Waals surface area contributed by atoms with Crippen molar-refractivity contribution in [2.75, 3.05) is 17.2 Å². The molecule has 4 rings (SSSR count). The number of imidazole rings is 1. The quantitative estimate of drug-likeness (QED) is 0.343. The van der Waals surface area contributed by atoms with Crippen LogP contribution in [0.15, 0.2) is 73.1 Å². The highest BCUT2D eigenvalue weighted by atomic mass is 16.3. The smallest absolute Gasteiger partial charge is 0.248 e. The summed E-state index contributed by atoms with van der Waals surface area (Å²) >= 11 is 0. The van der Waals surface area contributed by atoms with Gasteiger partial charge in [0, 0.05) is 11.3 Å². The highest BCUT2D eigenvalue weighted by Gasteiger charge is 2.16. The molecule has 0 aliphatic rings. The molecule has 31 heavy (non-hydrogen) atoms. The Morgan fingerprint density at radius 3 is 2.61 bits per heavy atom. The Morgan fingerprint density at radius 2 is 1.90 bits per heavy atom. The number of rotatable bonds is 7. The zero-order valence-electron chi connectivity index (χ0n) is 16.9. The molecular formula is C23H22N6O2. The van der Waals surface area contributed by atoms with Crippen molar-refractivity contribution in [1.82, 2.24) is 19.9 Å². The number of aliphatic hydroxyl groups excluding tert-OH is 1. The van der Waals surface area contributed by atoms with Gasteiger partial charge in [-0.15, -0.1) is 0 Å². The Kier molecular flexibility index (Phi) is 6.00. The number of aliphatic hydroxyl groups is 1. The molecule has 2 aromatic heterocycles. The van der Waals surface area contributed by atoms with Crippen molar-refractivity contribution < 1.29 is 9.90 Å². The number of nitrogens with one attached hydrogen (secondary N) is 3. The van der Waals surface area contributed by atoms with Crippen LogP contribution in [0.3, 0.4) is 0 Å². The Hall–Kier alpha value is -4.04. The zero-order chi connectivity index (χ0) is 21.6. The molecule has 0 saturated heterocycles. The van der Waals surface area contributed by atoms with Crippen molar-refractivity contribution in [1.29, 1.82) is 0 Å². The van der Waals surface area contributed by atoms with Crippen LogP contribution in [0.4, 0.5) is 11.5 Å². The standard InChI is InChI=1S/C23H22N6O2/c1-2-6-19(31)26-17-11-9-16(10-12-17)21-28-20-22(24-14-25-23(20)29-21)27-18(13-30)15-7-4-3-5-8-15/h2-12,14,18,30H,13H2,1H3,(H,26,31)(H2,24,25,27,28,29)/b6-2+/t18-/m1/s1. The fourth-order valence-corrected chi connectivity index (χ4v) is 3.21. The van der Waals surface area contributed by atoms with Gasteiger partial charge in [0.2, 0.25) is 5.91 Å². The Labute approximate surface area is 179 Å². The zero-order valence-corrected chi connectivity index (χ0v) is 16.9. The molecule has 0 aliphatic carbocycles. The molecule has 2 aromatic carbocycles. The van der Waals surface area contributed by atoms with Crippen LogP contribution < -0.4 is 10.6 Å². The van der Waals surface area contributed by atoms with Crippen molar-refractivity contribution in [3.63, 3.8) is 0 Å². The van der Waals surface area contributed by atoms with Crippen LogP contribution in [0.1, 0.15) is 18.5 Å². The first-order valence-electron chi connectivity index (χ1n) is 9.85. The second-order valence-corrected chi connectivity index (χ2v) is 6.86. The van der Waals surface area contributed by atoms with E-state index in [2.05, 4.69) is 30.6 Å². The Balaban J connectivity index is 1.59. The van der Waals surface area contributed by atoms with Gasteiger partial charge in [0.1, 0.15) is 17.7 Å². The molecule has 0 radical (unpaired) electrons. The summed E-state index contributed by atoms with van der Waals surface area (Å²) in [5.74, 6) is 1.01. The average Bonchev–Trinajstić information content (AvgIpc) is 3.24. The number of fused-ring (bicyclic) bond motifs is 1. The molecule has 0 spiro atoms. The van der Waals surface area contributed by atoms with Gasteiger partial charge in [-0.05, 0) is 42.8 Å². The molecule has 1 atom stereocenters. The molecular weight excluding hydrogens is 392 g/mol. The third kappa shape index (κ3) is 4.59. The topological polar surface area (TPSA) is 116 Å². The van der Waals surface area contributed by atoms with Crippen LogP contribution in [0.5, 0.6) is 0 Å². The fourth-order valence-electron chi connectivity index (χ4n) is 3.21. The van der Waals surface area contributed by atoms with Gasteiger partial charge in [-0.2, -0.15) is 0 Å². The molecule has 0 fully saturated rings. The van der Waals surface area contributed by atoms with Gasteiger partial charge in [0.15, 0.2) is 11.5 Å². The molecule has 8 heteroatoms. The molecule has 0 saturated carbocycles. The van der Waals surface area contributed by atoms with Gasteiger partial charge in [0.05, 0.1) is 12.6 Å². The minimum Gasteiger partial charge on any atom is -0.394 e. The molecule has 1 amide bonds. The highest BCUT2D eigenvalue weighted by Crippen LogP contribution is 2.26. The van der Waals surface area contributed by atoms with Crippen molar-refractivity contribution in [3.05, 3.63) is 78.6 Å². The van der Waals surface area contributed by atoms with E-state index in [9.17, 15) is 9.90 Å². The lowest BCUT2D eigenvalue weighted by Gasteiger charge is -2.17. The van der Waals surface area contributed by atoms with E-state index in [1.807, 2.05) is 54.6 Å². The maximum absolute atomic E-state index is 11.7. The average molecular weight is 414 g/mol. The van der Waals surface area contributed by atoms with Crippen molar-refractivity contribution in [2.24, 2.45) is 0 Å². The lowest BCUT2D eigenvalue weighted by molar-refractivity contribution is -0.111. The van der Waals surface area contributed by atoms with Crippen LogP contribution in [0.2, 0.25) is 0 Å². The Bertz CT molecular complexity index is 1200. The normalized spacial score (nSPS) is 12.2. The number of amides is 1. The van der Waals surface area contributed by atoms with Crippen LogP contribution in [0.25, 0.3) is 22.6 Å². The van der Waals surface area contributed by atoms with E-state index in [1.54, 1.807) is 13.0 Å². The van der Waals surface area contributed by atoms with Crippen molar-refractivity contribution in [3.8, 4) is 11.4 Å². The monoisotopic (exact) mass is 414 g/mol. The Morgan fingerprint density at radius 1 is 1.13 bits per heavy atom. The van der Waals surface area contributed by atoms with E-state index in [0.717, 1.165) is 11.1 Å². The first-order chi connectivity index (χ1) is 15.2. The van der Waals surface area contributed by atoms with Crippen LogP contribution in [0, 0.1) is 0 Å². The molecule has 2 heterocycles. The SMILES string of the molecule is C/C=C/C(=O)Nc1ccc(-c2nc3ncnc(N[C@H](CO)c4ccccc4)c3[nH]2)cc1. The third-order valence-corrected chi connectivity index (χ3v) is 4.73. The minimum absolute atomic E-state index is 0.0864. The minimum atomic E-state index is -0.314. The van der Waals surface area contributed by atoms with Gasteiger partial charge < -0.3 is 20.7 Å². The summed E-state index contributed by atoms with van der Waals surface area (Å²) in [5, 5.41) is 15.9. The van der Waals surface area contributed by atoms with Crippen LogP contribution >= 0.6 is 0 Å². The number of benzene rings is 2. The molecule has 156 valence electrons. The van der Waals surface area contributed by atoms with Crippen molar-refractivity contribution in [2.45, 2.75) is 13.0 Å². The van der Waals surface area contributed by atoms with Crippen LogP contribution in [-0.4, -0.2) is 37.6 Å². The van der Waals surface area contributed by atoms with E-state index < -0.39 is 0 Å². The second kappa shape index (κ2) is 9.19. The molecule has 0 aliphatic heterocycles. The number of allylic oxidation sites excluding steroid dienone is 1. The number of carbonyl (C=O) groups is 1. The number of hydrogen-bond acceptors (Lipinski definition) is 6. The van der Waals surface area contributed by atoms with Gasteiger partial charge >= 0.3 is 0 Å². The van der Waals surface area contributed by atoms with Gasteiger partial charge in [-0.3, -0.25) is 4.79 Å².